The molecule has 0 amide bonds. The summed E-state index contributed by atoms with van der Waals surface area (Å²) in [4.78, 5) is 0. The molecule has 0 saturated heterocycles. The van der Waals surface area contributed by atoms with Crippen molar-refractivity contribution in [2.75, 3.05) is 0 Å². The van der Waals surface area contributed by atoms with Crippen molar-refractivity contribution in [1.29, 1.82) is 0 Å². The van der Waals surface area contributed by atoms with E-state index in [4.69, 9.17) is 12.2 Å². The molecule has 0 rings (SSSR count). The van der Waals surface area contributed by atoms with Gasteiger partial charge in [-0.1, -0.05) is 0 Å². The van der Waals surface area contributed by atoms with Gasteiger partial charge in [0.05, 0.1) is 0 Å². The van der Waals surface area contributed by atoms with Gasteiger partial charge in [0, 0.05) is 0 Å². The first-order valence-corrected chi connectivity index (χ1v) is 2.30. The Labute approximate surface area is 43.0 Å². The molecule has 0 aromatic carbocycles. The quantitative estimate of drug-likeness (QED) is 0.448. The minimum absolute atomic E-state index is 0.500. The Morgan fingerprint density at radius 2 is 1.20 bits per heavy atom. The Kier molecular flexibility index (Phi) is 48.1. The van der Waals surface area contributed by atoms with Crippen LogP contribution in [0.4, 0.5) is 0 Å². The van der Waals surface area contributed by atoms with Crippen molar-refractivity contribution in [2.45, 2.75) is 0 Å². The summed E-state index contributed by atoms with van der Waals surface area (Å²) in [5, 5.41) is 0. The summed E-state index contributed by atoms with van der Waals surface area (Å²) >= 11 is 0.500. The fraction of sp³-hybridized carbons (Fsp3) is 0. The maximum absolute atomic E-state index is 8.40. The van der Waals surface area contributed by atoms with Crippen molar-refractivity contribution < 1.29 is 33.2 Å². The monoisotopic (exact) mass is 169 g/mol. The van der Waals surface area contributed by atoms with E-state index in [1.165, 1.54) is 0 Å². The molecule has 0 bridgehead atoms. The normalized spacial score (nSPS) is 2.20. The Hall–Kier alpha value is 0.357. The second-order valence-corrected chi connectivity index (χ2v) is 0.250. The van der Waals surface area contributed by atoms with Crippen molar-refractivity contribution in [3.05, 3.63) is 0 Å². The molecule has 0 N–H and O–H groups in total. The summed E-state index contributed by atoms with van der Waals surface area (Å²) < 4.78 is 25.1. The van der Waals surface area contributed by atoms with Crippen LogP contribution in [-0.4, -0.2) is 9.29 Å². The van der Waals surface area contributed by atoms with Gasteiger partial charge in [-0.15, -0.1) is 0 Å². The van der Waals surface area contributed by atoms with Crippen LogP contribution >= 0.6 is 0 Å². The van der Waals surface area contributed by atoms with Crippen LogP contribution in [0, 0.1) is 0 Å². The molecule has 0 unspecified atom stereocenters. The van der Waals surface area contributed by atoms with Crippen molar-refractivity contribution in [3.63, 3.8) is 0 Å². The van der Waals surface area contributed by atoms with Crippen LogP contribution in [0.5, 0.6) is 0 Å². The zero-order chi connectivity index (χ0) is 4.71. The zero-order valence-electron chi connectivity index (χ0n) is 2.17. The van der Waals surface area contributed by atoms with Gasteiger partial charge in [-0.3, -0.25) is 8.92 Å². The second-order valence-electron chi connectivity index (χ2n) is 0.0833. The van der Waals surface area contributed by atoms with Gasteiger partial charge in [0.2, 0.25) is 0 Å². The molecule has 0 saturated carbocycles. The molecule has 27 valence electrons. The van der Waals surface area contributed by atoms with Gasteiger partial charge < -0.3 is 0 Å². The van der Waals surface area contributed by atoms with Crippen molar-refractivity contribution in [1.82, 2.24) is 0 Å². The second kappa shape index (κ2) is 26.7. The molecule has 0 aliphatic rings. The number of rotatable bonds is 0. The van der Waals surface area contributed by atoms with E-state index >= 15 is 0 Å². The van der Waals surface area contributed by atoms with E-state index < -0.39 is 9.29 Å². The van der Waals surface area contributed by atoms with Gasteiger partial charge in [-0.25, -0.2) is 0 Å². The Balaban J connectivity index is 0. The summed E-state index contributed by atoms with van der Waals surface area (Å²) in [5.74, 6) is 0. The van der Waals surface area contributed by atoms with Gasteiger partial charge in [0.25, 0.3) is 0 Å². The molecule has 0 aliphatic heterocycles. The summed E-state index contributed by atoms with van der Waals surface area (Å²) in [5.41, 5.74) is 0. The van der Waals surface area contributed by atoms with Gasteiger partial charge in [0.1, 0.15) is 0 Å². The van der Waals surface area contributed by atoms with E-state index in [9.17, 15) is 0 Å². The van der Waals surface area contributed by atoms with Crippen LogP contribution in [0.3, 0.4) is 0 Å². The Bertz CT molecular complexity index is 36.2. The van der Waals surface area contributed by atoms with Crippen LogP contribution < -0.4 is 0 Å². The Morgan fingerprint density at radius 3 is 1.20 bits per heavy atom. The van der Waals surface area contributed by atoms with E-state index in [0.717, 1.165) is 0 Å². The van der Waals surface area contributed by atoms with Crippen LogP contribution in [0.2, 0.25) is 0 Å². The van der Waals surface area contributed by atoms with Crippen LogP contribution in [0.1, 0.15) is 0 Å². The third-order valence-corrected chi connectivity index (χ3v) is 0. The predicted octanol–water partition coefficient (Wildman–Crippen LogP) is -0.740. The molecule has 0 radical (unpaired) electrons. The predicted molar refractivity (Wildman–Crippen MR) is 7.81 cm³/mol. The summed E-state index contributed by atoms with van der Waals surface area (Å²) in [6.07, 6.45) is 0. The standard InChI is InChI=1S/Nb.O2Si.O/c;1-3-2;. The van der Waals surface area contributed by atoms with Crippen LogP contribution in [-0.2, 0) is 33.2 Å². The van der Waals surface area contributed by atoms with E-state index in [1.807, 2.05) is 0 Å². The average Bonchev–Trinajstić information content (AvgIpc) is 1.46. The maximum atomic E-state index is 8.40. The van der Waals surface area contributed by atoms with Gasteiger partial charge >= 0.3 is 33.6 Å². The molecule has 0 aliphatic carbocycles. The molecule has 0 fully saturated rings. The van der Waals surface area contributed by atoms with Crippen molar-refractivity contribution in [3.8, 4) is 0 Å². The van der Waals surface area contributed by atoms with Crippen LogP contribution in [0.25, 0.3) is 0 Å². The fourth-order valence-electron chi connectivity index (χ4n) is 0. The molecule has 0 aromatic heterocycles. The average molecular weight is 169 g/mol. The minimum atomic E-state index is -1.42. The van der Waals surface area contributed by atoms with Gasteiger partial charge in [-0.05, 0) is 0 Å². The first-order chi connectivity index (χ1) is 2.41. The van der Waals surface area contributed by atoms with Gasteiger partial charge in [0.15, 0.2) is 0 Å². The Morgan fingerprint density at radius 1 is 1.20 bits per heavy atom. The molecule has 0 spiro atoms. The number of hydrogen-bond acceptors (Lipinski definition) is 3. The molecular weight excluding hydrogens is 169 g/mol. The van der Waals surface area contributed by atoms with E-state index in [-0.39, 0.29) is 0 Å². The van der Waals surface area contributed by atoms with Gasteiger partial charge in [-0.2, -0.15) is 0 Å². The molecule has 0 aromatic rings. The first kappa shape index (κ1) is 9.02. The molecule has 5 heteroatoms. The van der Waals surface area contributed by atoms with Crippen LogP contribution in [0.15, 0.2) is 0 Å². The van der Waals surface area contributed by atoms with E-state index in [2.05, 4.69) is 0 Å². The third kappa shape index (κ3) is 190. The summed E-state index contributed by atoms with van der Waals surface area (Å²) in [6.45, 7) is 0. The molecule has 0 heterocycles. The fourth-order valence-corrected chi connectivity index (χ4v) is 0. The molecule has 3 nitrogen and oxygen atoms in total. The summed E-state index contributed by atoms with van der Waals surface area (Å²) in [6, 6.07) is 0. The topological polar surface area (TPSA) is 51.2 Å². The molecule has 5 heavy (non-hydrogen) atoms. The van der Waals surface area contributed by atoms with E-state index in [0.29, 0.717) is 21.0 Å². The van der Waals surface area contributed by atoms with Crippen molar-refractivity contribution in [2.24, 2.45) is 0 Å². The first-order valence-electron chi connectivity index (χ1n) is 0.591. The van der Waals surface area contributed by atoms with E-state index in [1.54, 1.807) is 0 Å². The summed E-state index contributed by atoms with van der Waals surface area (Å²) in [7, 11) is -1.42. The third-order valence-electron chi connectivity index (χ3n) is 0. The zero-order valence-corrected chi connectivity index (χ0v) is 5.37. The van der Waals surface area contributed by atoms with Crippen molar-refractivity contribution >= 4 is 9.29 Å². The number of hydrogen-bond donors (Lipinski definition) is 0. The SMILES string of the molecule is O=[Si]=O.[O]=[Nb]. The molecular formula is NbO3Si. The molecule has 0 atom stereocenters.